The highest BCUT2D eigenvalue weighted by atomic mass is 16.7. The molecule has 5 atom stereocenters. The SMILES string of the molecule is COc1cccc(OC2O[C@H](CO)[C@@H](O)[C@H](O)[C@H]2O)c1OC. The number of hydrogen-bond acceptors (Lipinski definition) is 8. The predicted molar refractivity (Wildman–Crippen MR) is 73.9 cm³/mol. The van der Waals surface area contributed by atoms with Crippen LogP contribution in [0.3, 0.4) is 0 Å². The summed E-state index contributed by atoms with van der Waals surface area (Å²) in [5.74, 6) is 0.942. The summed E-state index contributed by atoms with van der Waals surface area (Å²) in [6.45, 7) is -0.528. The van der Waals surface area contributed by atoms with Crippen LogP contribution in [0.25, 0.3) is 0 Å². The molecule has 124 valence electrons. The van der Waals surface area contributed by atoms with Crippen molar-refractivity contribution in [3.8, 4) is 17.2 Å². The largest absolute Gasteiger partial charge is 0.493 e. The van der Waals surface area contributed by atoms with Crippen LogP contribution in [-0.2, 0) is 4.74 Å². The van der Waals surface area contributed by atoms with Crippen molar-refractivity contribution >= 4 is 0 Å². The van der Waals surface area contributed by atoms with Crippen molar-refractivity contribution in [2.45, 2.75) is 30.7 Å². The van der Waals surface area contributed by atoms with E-state index >= 15 is 0 Å². The minimum Gasteiger partial charge on any atom is -0.493 e. The second kappa shape index (κ2) is 7.12. The Bertz CT molecular complexity index is 492. The van der Waals surface area contributed by atoms with Crippen molar-refractivity contribution in [2.24, 2.45) is 0 Å². The monoisotopic (exact) mass is 316 g/mol. The number of aliphatic hydroxyl groups is 4. The average Bonchev–Trinajstić information content (AvgIpc) is 2.54. The molecule has 0 radical (unpaired) electrons. The fourth-order valence-corrected chi connectivity index (χ4v) is 2.24. The van der Waals surface area contributed by atoms with Gasteiger partial charge >= 0.3 is 0 Å². The quantitative estimate of drug-likeness (QED) is 0.540. The zero-order valence-corrected chi connectivity index (χ0v) is 12.2. The van der Waals surface area contributed by atoms with Crippen molar-refractivity contribution in [1.82, 2.24) is 0 Å². The molecule has 1 saturated heterocycles. The highest BCUT2D eigenvalue weighted by Crippen LogP contribution is 2.38. The maximum atomic E-state index is 9.96. The van der Waals surface area contributed by atoms with Gasteiger partial charge in [-0.05, 0) is 12.1 Å². The van der Waals surface area contributed by atoms with Crippen molar-refractivity contribution in [3.05, 3.63) is 18.2 Å². The van der Waals surface area contributed by atoms with E-state index in [-0.39, 0.29) is 5.75 Å². The summed E-state index contributed by atoms with van der Waals surface area (Å²) in [6, 6.07) is 4.89. The van der Waals surface area contributed by atoms with E-state index in [9.17, 15) is 15.3 Å². The molecule has 1 aromatic rings. The van der Waals surface area contributed by atoms with Gasteiger partial charge in [0.25, 0.3) is 0 Å². The standard InChI is InChI=1S/C14H20O8/c1-19-7-4-3-5-8(13(7)20-2)21-14-12(18)11(17)10(16)9(6-15)22-14/h3-5,9-12,14-18H,6H2,1-2H3/t9-,10-,11+,12-,14?/m1/s1. The Balaban J connectivity index is 2.22. The number of ether oxygens (including phenoxy) is 4. The molecule has 1 aliphatic rings. The molecule has 1 aliphatic heterocycles. The molecular formula is C14H20O8. The first-order chi connectivity index (χ1) is 10.5. The molecule has 0 bridgehead atoms. The van der Waals surface area contributed by atoms with Gasteiger partial charge in [0.2, 0.25) is 12.0 Å². The smallest absolute Gasteiger partial charge is 0.229 e. The predicted octanol–water partition coefficient (Wildman–Crippen LogP) is -1.12. The first kappa shape index (κ1) is 16.8. The molecule has 8 nitrogen and oxygen atoms in total. The van der Waals surface area contributed by atoms with Crippen molar-refractivity contribution in [3.63, 3.8) is 0 Å². The molecule has 0 aromatic heterocycles. The first-order valence-corrected chi connectivity index (χ1v) is 6.71. The van der Waals surface area contributed by atoms with Crippen molar-refractivity contribution in [2.75, 3.05) is 20.8 Å². The van der Waals surface area contributed by atoms with Gasteiger partial charge < -0.3 is 39.4 Å². The maximum Gasteiger partial charge on any atom is 0.229 e. The highest BCUT2D eigenvalue weighted by Gasteiger charge is 2.45. The highest BCUT2D eigenvalue weighted by molar-refractivity contribution is 5.51. The fraction of sp³-hybridized carbons (Fsp3) is 0.571. The molecule has 0 amide bonds. The van der Waals surface area contributed by atoms with E-state index in [0.29, 0.717) is 11.5 Å². The van der Waals surface area contributed by atoms with Crippen LogP contribution in [-0.4, -0.2) is 72.0 Å². The molecule has 1 unspecified atom stereocenters. The molecule has 0 saturated carbocycles. The number of aliphatic hydroxyl groups excluding tert-OH is 4. The number of benzene rings is 1. The molecule has 2 rings (SSSR count). The summed E-state index contributed by atoms with van der Waals surface area (Å²) in [5.41, 5.74) is 0. The van der Waals surface area contributed by atoms with Crippen LogP contribution in [0.15, 0.2) is 18.2 Å². The van der Waals surface area contributed by atoms with Crippen LogP contribution in [0.1, 0.15) is 0 Å². The van der Waals surface area contributed by atoms with E-state index in [1.807, 2.05) is 0 Å². The van der Waals surface area contributed by atoms with Gasteiger partial charge in [0, 0.05) is 0 Å². The third-order valence-electron chi connectivity index (χ3n) is 3.46. The Morgan fingerprint density at radius 2 is 1.68 bits per heavy atom. The zero-order chi connectivity index (χ0) is 16.3. The number of rotatable bonds is 5. The normalized spacial score (nSPS) is 31.6. The fourth-order valence-electron chi connectivity index (χ4n) is 2.24. The summed E-state index contributed by atoms with van der Waals surface area (Å²) in [4.78, 5) is 0. The summed E-state index contributed by atoms with van der Waals surface area (Å²) in [5, 5.41) is 38.6. The Hall–Kier alpha value is -1.58. The van der Waals surface area contributed by atoms with Gasteiger partial charge in [-0.25, -0.2) is 0 Å². The maximum absolute atomic E-state index is 9.96. The van der Waals surface area contributed by atoms with E-state index in [2.05, 4.69) is 0 Å². The minimum absolute atomic E-state index is 0.228. The molecule has 8 heteroatoms. The summed E-state index contributed by atoms with van der Waals surface area (Å²) in [7, 11) is 2.90. The van der Waals surface area contributed by atoms with Crippen molar-refractivity contribution in [1.29, 1.82) is 0 Å². The van der Waals surface area contributed by atoms with E-state index in [4.69, 9.17) is 24.1 Å². The van der Waals surface area contributed by atoms with Crippen molar-refractivity contribution < 1.29 is 39.4 Å². The molecule has 4 N–H and O–H groups in total. The lowest BCUT2D eigenvalue weighted by atomic mass is 9.99. The molecular weight excluding hydrogens is 296 g/mol. The van der Waals surface area contributed by atoms with E-state index in [0.717, 1.165) is 0 Å². The average molecular weight is 316 g/mol. The topological polar surface area (TPSA) is 118 Å². The number of hydrogen-bond donors (Lipinski definition) is 4. The lowest BCUT2D eigenvalue weighted by Crippen LogP contribution is -2.60. The van der Waals surface area contributed by atoms with Crippen LogP contribution in [0.5, 0.6) is 17.2 Å². The van der Waals surface area contributed by atoms with E-state index < -0.39 is 37.3 Å². The summed E-state index contributed by atoms with van der Waals surface area (Å²) in [6.07, 6.45) is -6.76. The Kier molecular flexibility index (Phi) is 5.43. The lowest BCUT2D eigenvalue weighted by molar-refractivity contribution is -0.277. The van der Waals surface area contributed by atoms with E-state index in [1.165, 1.54) is 14.2 Å². The lowest BCUT2D eigenvalue weighted by Gasteiger charge is -2.39. The summed E-state index contributed by atoms with van der Waals surface area (Å²) < 4.78 is 21.1. The first-order valence-electron chi connectivity index (χ1n) is 6.71. The van der Waals surface area contributed by atoms with E-state index in [1.54, 1.807) is 18.2 Å². The molecule has 1 heterocycles. The number of para-hydroxylation sites is 1. The van der Waals surface area contributed by atoms with Gasteiger partial charge in [-0.2, -0.15) is 0 Å². The van der Waals surface area contributed by atoms with Crippen LogP contribution in [0, 0.1) is 0 Å². The van der Waals surface area contributed by atoms with Crippen LogP contribution < -0.4 is 14.2 Å². The molecule has 1 aromatic carbocycles. The Labute approximate surface area is 127 Å². The second-order valence-corrected chi connectivity index (χ2v) is 4.81. The van der Waals surface area contributed by atoms with Gasteiger partial charge in [-0.15, -0.1) is 0 Å². The van der Waals surface area contributed by atoms with Gasteiger partial charge in [-0.3, -0.25) is 0 Å². The number of methoxy groups -OCH3 is 2. The molecule has 22 heavy (non-hydrogen) atoms. The van der Waals surface area contributed by atoms with Gasteiger partial charge in [0.1, 0.15) is 24.4 Å². The third kappa shape index (κ3) is 3.11. The van der Waals surface area contributed by atoms with Crippen LogP contribution in [0.4, 0.5) is 0 Å². The second-order valence-electron chi connectivity index (χ2n) is 4.81. The van der Waals surface area contributed by atoms with Gasteiger partial charge in [0.15, 0.2) is 11.5 Å². The zero-order valence-electron chi connectivity index (χ0n) is 12.2. The Morgan fingerprint density at radius 1 is 1.00 bits per heavy atom. The molecule has 0 aliphatic carbocycles. The van der Waals surface area contributed by atoms with Gasteiger partial charge in [0.05, 0.1) is 20.8 Å². The minimum atomic E-state index is -1.51. The van der Waals surface area contributed by atoms with Crippen LogP contribution >= 0.6 is 0 Å². The molecule has 1 fully saturated rings. The van der Waals surface area contributed by atoms with Gasteiger partial charge in [-0.1, -0.05) is 6.07 Å². The molecule has 0 spiro atoms. The van der Waals surface area contributed by atoms with Crippen LogP contribution in [0.2, 0.25) is 0 Å². The Morgan fingerprint density at radius 3 is 2.27 bits per heavy atom. The summed E-state index contributed by atoms with van der Waals surface area (Å²) >= 11 is 0. The third-order valence-corrected chi connectivity index (χ3v) is 3.46.